The highest BCUT2D eigenvalue weighted by Crippen LogP contribution is 2.36. The molecule has 27 heavy (non-hydrogen) atoms. The standard InChI is InChI=1S/C22H29ClN2O2/c1-3-5-7-8-9-13-20-24-15-17(16-25-20)18-11-10-12-19(23)22(18)27-21(26)14-6-4-2/h10-12,15-16H,3-9,13-14H2,1-2H3. The zero-order valence-electron chi connectivity index (χ0n) is 16.3. The monoisotopic (exact) mass is 388 g/mol. The van der Waals surface area contributed by atoms with Gasteiger partial charge in [0.05, 0.1) is 5.02 Å². The zero-order chi connectivity index (χ0) is 19.5. The third-order valence-electron chi connectivity index (χ3n) is 4.44. The van der Waals surface area contributed by atoms with E-state index in [0.29, 0.717) is 17.2 Å². The van der Waals surface area contributed by atoms with E-state index in [1.54, 1.807) is 18.5 Å². The number of nitrogens with zero attached hydrogens (tertiary/aromatic N) is 2. The summed E-state index contributed by atoms with van der Waals surface area (Å²) >= 11 is 6.28. The maximum absolute atomic E-state index is 12.0. The van der Waals surface area contributed by atoms with Crippen LogP contribution in [0.2, 0.25) is 5.02 Å². The number of halogens is 1. The molecule has 0 aliphatic rings. The Hall–Kier alpha value is -1.94. The molecule has 2 aromatic rings. The molecule has 0 fully saturated rings. The Balaban J connectivity index is 2.06. The zero-order valence-corrected chi connectivity index (χ0v) is 17.1. The smallest absolute Gasteiger partial charge is 0.311 e. The van der Waals surface area contributed by atoms with Gasteiger partial charge in [-0.15, -0.1) is 0 Å². The van der Waals surface area contributed by atoms with Crippen LogP contribution in [0.15, 0.2) is 30.6 Å². The maximum atomic E-state index is 12.0. The van der Waals surface area contributed by atoms with Crippen molar-refractivity contribution in [3.8, 4) is 16.9 Å². The molecule has 0 atom stereocenters. The Labute approximate surface area is 167 Å². The predicted octanol–water partition coefficient (Wildman–Crippen LogP) is 6.41. The van der Waals surface area contributed by atoms with Gasteiger partial charge in [-0.2, -0.15) is 0 Å². The third-order valence-corrected chi connectivity index (χ3v) is 4.74. The van der Waals surface area contributed by atoms with Crippen LogP contribution in [0, 0.1) is 0 Å². The van der Waals surface area contributed by atoms with Crippen LogP contribution in [-0.4, -0.2) is 15.9 Å². The van der Waals surface area contributed by atoms with Crippen molar-refractivity contribution in [1.29, 1.82) is 0 Å². The molecular formula is C22H29ClN2O2. The van der Waals surface area contributed by atoms with E-state index in [2.05, 4.69) is 16.9 Å². The maximum Gasteiger partial charge on any atom is 0.311 e. The average Bonchev–Trinajstić information content (AvgIpc) is 2.68. The number of benzene rings is 1. The molecule has 1 aromatic heterocycles. The van der Waals surface area contributed by atoms with Crippen LogP contribution >= 0.6 is 11.6 Å². The quantitative estimate of drug-likeness (QED) is 0.253. The lowest BCUT2D eigenvalue weighted by Crippen LogP contribution is -2.08. The number of esters is 1. The van der Waals surface area contributed by atoms with Gasteiger partial charge < -0.3 is 4.74 Å². The fourth-order valence-electron chi connectivity index (χ4n) is 2.84. The Kier molecular flexibility index (Phi) is 9.26. The van der Waals surface area contributed by atoms with Gasteiger partial charge in [-0.05, 0) is 18.9 Å². The van der Waals surface area contributed by atoms with Gasteiger partial charge in [-0.3, -0.25) is 4.79 Å². The Morgan fingerprint density at radius 2 is 1.70 bits per heavy atom. The normalized spacial score (nSPS) is 10.8. The molecule has 1 aromatic carbocycles. The lowest BCUT2D eigenvalue weighted by Gasteiger charge is -2.12. The van der Waals surface area contributed by atoms with Gasteiger partial charge in [-0.1, -0.05) is 69.7 Å². The Bertz CT molecular complexity index is 717. The molecule has 0 spiro atoms. The van der Waals surface area contributed by atoms with Crippen molar-refractivity contribution in [3.63, 3.8) is 0 Å². The van der Waals surface area contributed by atoms with Crippen molar-refractivity contribution in [1.82, 2.24) is 9.97 Å². The molecule has 0 saturated carbocycles. The summed E-state index contributed by atoms with van der Waals surface area (Å²) in [4.78, 5) is 21.0. The van der Waals surface area contributed by atoms with Crippen molar-refractivity contribution >= 4 is 17.6 Å². The SMILES string of the molecule is CCCCCCCc1ncc(-c2cccc(Cl)c2OC(=O)CCCC)cn1. The van der Waals surface area contributed by atoms with Gasteiger partial charge in [-0.25, -0.2) is 9.97 Å². The minimum absolute atomic E-state index is 0.268. The molecule has 0 aliphatic carbocycles. The summed E-state index contributed by atoms with van der Waals surface area (Å²) in [5.41, 5.74) is 1.53. The number of para-hydroxylation sites is 1. The number of unbranched alkanes of at least 4 members (excludes halogenated alkanes) is 5. The topological polar surface area (TPSA) is 52.1 Å². The lowest BCUT2D eigenvalue weighted by molar-refractivity contribution is -0.134. The van der Waals surface area contributed by atoms with Crippen molar-refractivity contribution in [3.05, 3.63) is 41.4 Å². The number of aromatic nitrogens is 2. The first-order valence-corrected chi connectivity index (χ1v) is 10.3. The fraction of sp³-hybridized carbons (Fsp3) is 0.500. The van der Waals surface area contributed by atoms with Crippen LogP contribution in [0.3, 0.4) is 0 Å². The summed E-state index contributed by atoms with van der Waals surface area (Å²) in [6.07, 6.45) is 12.7. The summed E-state index contributed by atoms with van der Waals surface area (Å²) in [6.45, 7) is 4.25. The van der Waals surface area contributed by atoms with E-state index in [9.17, 15) is 4.79 Å². The van der Waals surface area contributed by atoms with Gasteiger partial charge in [0.25, 0.3) is 0 Å². The molecule has 2 rings (SSSR count). The number of hydrogen-bond acceptors (Lipinski definition) is 4. The second kappa shape index (κ2) is 11.7. The van der Waals surface area contributed by atoms with Gasteiger partial charge in [0.15, 0.2) is 5.75 Å². The van der Waals surface area contributed by atoms with E-state index < -0.39 is 0 Å². The van der Waals surface area contributed by atoms with Crippen molar-refractivity contribution in [2.45, 2.75) is 71.6 Å². The van der Waals surface area contributed by atoms with Crippen LogP contribution < -0.4 is 4.74 Å². The summed E-state index contributed by atoms with van der Waals surface area (Å²) in [5, 5.41) is 0.414. The van der Waals surface area contributed by atoms with Crippen LogP contribution in [0.1, 0.15) is 71.0 Å². The van der Waals surface area contributed by atoms with Gasteiger partial charge >= 0.3 is 5.97 Å². The second-order valence-electron chi connectivity index (χ2n) is 6.75. The summed E-state index contributed by atoms with van der Waals surface area (Å²) in [5.74, 6) is 0.964. The average molecular weight is 389 g/mol. The molecule has 146 valence electrons. The molecule has 0 N–H and O–H groups in total. The van der Waals surface area contributed by atoms with E-state index in [4.69, 9.17) is 16.3 Å². The summed E-state index contributed by atoms with van der Waals surface area (Å²) in [6, 6.07) is 5.43. The number of aryl methyl sites for hydroxylation is 1. The third kappa shape index (κ3) is 6.94. The molecule has 4 nitrogen and oxygen atoms in total. The number of hydrogen-bond donors (Lipinski definition) is 0. The molecule has 0 unspecified atom stereocenters. The van der Waals surface area contributed by atoms with E-state index >= 15 is 0 Å². The van der Waals surface area contributed by atoms with Crippen LogP contribution in [0.4, 0.5) is 0 Å². The van der Waals surface area contributed by atoms with E-state index in [0.717, 1.165) is 42.6 Å². The first-order valence-electron chi connectivity index (χ1n) is 9.96. The highest BCUT2D eigenvalue weighted by Gasteiger charge is 2.15. The number of ether oxygens (including phenoxy) is 1. The fourth-order valence-corrected chi connectivity index (χ4v) is 3.05. The molecule has 0 aliphatic heterocycles. The molecule has 0 bridgehead atoms. The van der Waals surface area contributed by atoms with Crippen molar-refractivity contribution in [2.24, 2.45) is 0 Å². The molecule has 0 saturated heterocycles. The molecule has 1 heterocycles. The van der Waals surface area contributed by atoms with Gasteiger partial charge in [0, 0.05) is 36.4 Å². The van der Waals surface area contributed by atoms with Crippen LogP contribution in [0.5, 0.6) is 5.75 Å². The second-order valence-corrected chi connectivity index (χ2v) is 7.15. The first kappa shape index (κ1) is 21.4. The molecule has 5 heteroatoms. The van der Waals surface area contributed by atoms with Crippen LogP contribution in [0.25, 0.3) is 11.1 Å². The number of rotatable bonds is 11. The van der Waals surface area contributed by atoms with E-state index in [-0.39, 0.29) is 5.97 Å². The largest absolute Gasteiger partial charge is 0.424 e. The molecule has 0 radical (unpaired) electrons. The van der Waals surface area contributed by atoms with E-state index in [1.807, 2.05) is 19.1 Å². The summed E-state index contributed by atoms with van der Waals surface area (Å²) < 4.78 is 5.54. The van der Waals surface area contributed by atoms with Crippen LogP contribution in [-0.2, 0) is 11.2 Å². The van der Waals surface area contributed by atoms with E-state index in [1.165, 1.54) is 25.7 Å². The minimum atomic E-state index is -0.268. The number of carbonyl (C=O) groups is 1. The van der Waals surface area contributed by atoms with Crippen molar-refractivity contribution in [2.75, 3.05) is 0 Å². The Morgan fingerprint density at radius 3 is 2.41 bits per heavy atom. The predicted molar refractivity (Wildman–Crippen MR) is 110 cm³/mol. The highest BCUT2D eigenvalue weighted by atomic mass is 35.5. The molecular weight excluding hydrogens is 360 g/mol. The lowest BCUT2D eigenvalue weighted by atomic mass is 10.1. The summed E-state index contributed by atoms with van der Waals surface area (Å²) in [7, 11) is 0. The van der Waals surface area contributed by atoms with Crippen molar-refractivity contribution < 1.29 is 9.53 Å². The number of carbonyl (C=O) groups excluding carboxylic acids is 1. The minimum Gasteiger partial charge on any atom is -0.424 e. The highest BCUT2D eigenvalue weighted by molar-refractivity contribution is 6.32. The van der Waals surface area contributed by atoms with Gasteiger partial charge in [0.2, 0.25) is 0 Å². The Morgan fingerprint density at radius 1 is 1.00 bits per heavy atom. The van der Waals surface area contributed by atoms with Gasteiger partial charge in [0.1, 0.15) is 5.82 Å². The first-order chi connectivity index (χ1) is 13.2. The molecule has 0 amide bonds.